The predicted octanol–water partition coefficient (Wildman–Crippen LogP) is 2.15. The van der Waals surface area contributed by atoms with E-state index in [1.54, 1.807) is 7.11 Å². The summed E-state index contributed by atoms with van der Waals surface area (Å²) in [6.45, 7) is 6.20. The zero-order valence-corrected chi connectivity index (χ0v) is 11.9. The van der Waals surface area contributed by atoms with Crippen molar-refractivity contribution < 1.29 is 9.53 Å². The lowest BCUT2D eigenvalue weighted by atomic mass is 10.1. The molecule has 0 aromatic heterocycles. The molecule has 2 rings (SSSR count). The Morgan fingerprint density at radius 3 is 2.95 bits per heavy atom. The van der Waals surface area contributed by atoms with E-state index in [1.807, 2.05) is 30.9 Å². The van der Waals surface area contributed by atoms with Crippen LogP contribution in [0.25, 0.3) is 0 Å². The second-order valence-corrected chi connectivity index (χ2v) is 5.13. The van der Waals surface area contributed by atoms with Crippen molar-refractivity contribution >= 4 is 11.6 Å². The van der Waals surface area contributed by atoms with Gasteiger partial charge in [-0.3, -0.25) is 4.79 Å². The molecule has 0 atom stereocenters. The summed E-state index contributed by atoms with van der Waals surface area (Å²) in [5, 5.41) is 3.31. The average molecular weight is 262 g/mol. The summed E-state index contributed by atoms with van der Waals surface area (Å²) in [6, 6.07) is 6.12. The first-order valence-electron chi connectivity index (χ1n) is 6.80. The van der Waals surface area contributed by atoms with E-state index in [-0.39, 0.29) is 11.9 Å². The number of hydrogen-bond acceptors (Lipinski definition) is 3. The minimum absolute atomic E-state index is 0.0727. The van der Waals surface area contributed by atoms with Crippen LogP contribution in [0, 0.1) is 0 Å². The van der Waals surface area contributed by atoms with Gasteiger partial charge in [0.05, 0.1) is 6.61 Å². The molecule has 0 saturated heterocycles. The van der Waals surface area contributed by atoms with Crippen LogP contribution in [-0.2, 0) is 11.2 Å². The molecule has 104 valence electrons. The lowest BCUT2D eigenvalue weighted by Crippen LogP contribution is -2.39. The Kier molecular flexibility index (Phi) is 4.43. The number of nitrogens with zero attached hydrogens (tertiary/aromatic N) is 1. The Morgan fingerprint density at radius 2 is 2.26 bits per heavy atom. The van der Waals surface area contributed by atoms with Crippen LogP contribution in [-0.4, -0.2) is 43.7 Å². The second kappa shape index (κ2) is 6.06. The number of rotatable bonds is 5. The molecule has 1 aromatic carbocycles. The highest BCUT2D eigenvalue weighted by molar-refractivity contribution is 5.95. The quantitative estimate of drug-likeness (QED) is 0.884. The third-order valence-electron chi connectivity index (χ3n) is 3.49. The van der Waals surface area contributed by atoms with Crippen molar-refractivity contribution in [3.05, 3.63) is 29.3 Å². The number of hydrogen-bond donors (Lipinski definition) is 1. The molecule has 0 radical (unpaired) electrons. The molecule has 1 N–H and O–H groups in total. The van der Waals surface area contributed by atoms with Gasteiger partial charge in [-0.15, -0.1) is 0 Å². The van der Waals surface area contributed by atoms with E-state index < -0.39 is 0 Å². The third kappa shape index (κ3) is 3.07. The summed E-state index contributed by atoms with van der Waals surface area (Å²) < 4.78 is 5.08. The van der Waals surface area contributed by atoms with Gasteiger partial charge in [-0.1, -0.05) is 6.07 Å². The summed E-state index contributed by atoms with van der Waals surface area (Å²) in [6.07, 6.45) is 1.04. The van der Waals surface area contributed by atoms with E-state index in [0.717, 1.165) is 24.2 Å². The minimum atomic E-state index is 0.0727. The van der Waals surface area contributed by atoms with Gasteiger partial charge in [0.15, 0.2) is 0 Å². The number of carbonyl (C=O) groups is 1. The molecular formula is C15H22N2O2. The summed E-state index contributed by atoms with van der Waals surface area (Å²) >= 11 is 0. The van der Waals surface area contributed by atoms with Gasteiger partial charge in [0.25, 0.3) is 5.91 Å². The Bertz CT molecular complexity index is 457. The summed E-state index contributed by atoms with van der Waals surface area (Å²) in [7, 11) is 1.66. The highest BCUT2D eigenvalue weighted by Crippen LogP contribution is 2.24. The summed E-state index contributed by atoms with van der Waals surface area (Å²) in [5.41, 5.74) is 3.14. The van der Waals surface area contributed by atoms with Gasteiger partial charge < -0.3 is 15.0 Å². The number of nitrogens with one attached hydrogen (secondary N) is 1. The largest absolute Gasteiger partial charge is 0.384 e. The second-order valence-electron chi connectivity index (χ2n) is 5.13. The summed E-state index contributed by atoms with van der Waals surface area (Å²) in [5.74, 6) is 0.0727. The number of methoxy groups -OCH3 is 1. The zero-order valence-electron chi connectivity index (χ0n) is 11.9. The highest BCUT2D eigenvalue weighted by atomic mass is 16.5. The molecule has 0 unspecified atom stereocenters. The van der Waals surface area contributed by atoms with E-state index in [0.29, 0.717) is 13.2 Å². The molecular weight excluding hydrogens is 240 g/mol. The van der Waals surface area contributed by atoms with Crippen molar-refractivity contribution in [1.29, 1.82) is 0 Å². The monoisotopic (exact) mass is 262 g/mol. The number of carbonyl (C=O) groups excluding carboxylic acids is 1. The van der Waals surface area contributed by atoms with Gasteiger partial charge in [-0.05, 0) is 38.0 Å². The first-order valence-corrected chi connectivity index (χ1v) is 6.80. The molecule has 0 fully saturated rings. The van der Waals surface area contributed by atoms with Crippen LogP contribution >= 0.6 is 0 Å². The zero-order chi connectivity index (χ0) is 13.8. The third-order valence-corrected chi connectivity index (χ3v) is 3.49. The van der Waals surface area contributed by atoms with Crippen LogP contribution in [0.4, 0.5) is 5.69 Å². The molecule has 1 aliphatic rings. The Hall–Kier alpha value is -1.55. The maximum atomic E-state index is 12.5. The summed E-state index contributed by atoms with van der Waals surface area (Å²) in [4.78, 5) is 14.4. The van der Waals surface area contributed by atoms with E-state index >= 15 is 0 Å². The predicted molar refractivity (Wildman–Crippen MR) is 76.7 cm³/mol. The molecule has 4 nitrogen and oxygen atoms in total. The molecule has 1 heterocycles. The lowest BCUT2D eigenvalue weighted by molar-refractivity contribution is 0.0635. The smallest absolute Gasteiger partial charge is 0.254 e. The molecule has 1 amide bonds. The molecule has 0 spiro atoms. The van der Waals surface area contributed by atoms with Crippen LogP contribution in [0.15, 0.2) is 18.2 Å². The first kappa shape index (κ1) is 13.9. The Balaban J connectivity index is 2.16. The van der Waals surface area contributed by atoms with Crippen molar-refractivity contribution in [1.82, 2.24) is 4.90 Å². The van der Waals surface area contributed by atoms with Gasteiger partial charge in [0.2, 0.25) is 0 Å². The average Bonchev–Trinajstić information content (AvgIpc) is 2.85. The molecule has 1 aliphatic heterocycles. The van der Waals surface area contributed by atoms with Gasteiger partial charge in [0.1, 0.15) is 0 Å². The molecule has 1 aromatic rings. The number of amides is 1. The number of anilines is 1. The molecule has 0 aliphatic carbocycles. The van der Waals surface area contributed by atoms with E-state index in [9.17, 15) is 4.79 Å². The van der Waals surface area contributed by atoms with Crippen molar-refractivity contribution in [3.8, 4) is 0 Å². The maximum absolute atomic E-state index is 12.5. The normalized spacial score (nSPS) is 13.3. The Labute approximate surface area is 114 Å². The number of fused-ring (bicyclic) bond motifs is 1. The fourth-order valence-corrected chi connectivity index (χ4v) is 2.37. The minimum Gasteiger partial charge on any atom is -0.384 e. The Morgan fingerprint density at radius 1 is 1.47 bits per heavy atom. The van der Waals surface area contributed by atoms with Crippen LogP contribution in [0.2, 0.25) is 0 Å². The fraction of sp³-hybridized carbons (Fsp3) is 0.533. The number of benzene rings is 1. The van der Waals surface area contributed by atoms with Crippen molar-refractivity contribution in [2.75, 3.05) is 32.1 Å². The van der Waals surface area contributed by atoms with Gasteiger partial charge in [-0.2, -0.15) is 0 Å². The molecule has 19 heavy (non-hydrogen) atoms. The fourth-order valence-electron chi connectivity index (χ4n) is 2.37. The maximum Gasteiger partial charge on any atom is 0.254 e. The van der Waals surface area contributed by atoms with E-state index in [4.69, 9.17) is 4.74 Å². The van der Waals surface area contributed by atoms with Crippen LogP contribution in [0.1, 0.15) is 29.8 Å². The van der Waals surface area contributed by atoms with E-state index in [1.165, 1.54) is 5.56 Å². The van der Waals surface area contributed by atoms with E-state index in [2.05, 4.69) is 11.4 Å². The van der Waals surface area contributed by atoms with Crippen molar-refractivity contribution in [3.63, 3.8) is 0 Å². The molecule has 4 heteroatoms. The first-order chi connectivity index (χ1) is 9.13. The molecule has 0 saturated carbocycles. The molecule has 0 bridgehead atoms. The number of ether oxygens (including phenoxy) is 1. The topological polar surface area (TPSA) is 41.6 Å². The van der Waals surface area contributed by atoms with Crippen molar-refractivity contribution in [2.24, 2.45) is 0 Å². The van der Waals surface area contributed by atoms with Gasteiger partial charge >= 0.3 is 0 Å². The van der Waals surface area contributed by atoms with Gasteiger partial charge in [-0.25, -0.2) is 0 Å². The van der Waals surface area contributed by atoms with Crippen LogP contribution < -0.4 is 5.32 Å². The van der Waals surface area contributed by atoms with Crippen LogP contribution in [0.3, 0.4) is 0 Å². The standard InChI is InChI=1S/C15H22N2O2/c1-11(2)17(8-9-19-3)15(18)13-5-4-12-6-7-16-14(12)10-13/h4-5,10-11,16H,6-9H2,1-3H3. The van der Waals surface area contributed by atoms with Crippen molar-refractivity contribution in [2.45, 2.75) is 26.3 Å². The lowest BCUT2D eigenvalue weighted by Gasteiger charge is -2.26. The highest BCUT2D eigenvalue weighted by Gasteiger charge is 2.20. The SMILES string of the molecule is COCCN(C(=O)c1ccc2c(c1)NCC2)C(C)C. The van der Waals surface area contributed by atoms with Crippen LogP contribution in [0.5, 0.6) is 0 Å². The van der Waals surface area contributed by atoms with Gasteiger partial charge in [0, 0.05) is 37.5 Å².